The molecule has 4 saturated heterocycles. The summed E-state index contributed by atoms with van der Waals surface area (Å²) in [6, 6.07) is 6.43. The maximum Gasteiger partial charge on any atom is 0.258 e. The lowest BCUT2D eigenvalue weighted by molar-refractivity contribution is 0.0814. The monoisotopic (exact) mass is 699 g/mol. The zero-order chi connectivity index (χ0) is 35.5. The van der Waals surface area contributed by atoms with Gasteiger partial charge < -0.3 is 38.5 Å². The van der Waals surface area contributed by atoms with Crippen LogP contribution in [0.4, 0.5) is 11.4 Å². The lowest BCUT2D eigenvalue weighted by Crippen LogP contribution is -2.48. The molecule has 0 spiro atoms. The van der Waals surface area contributed by atoms with Crippen molar-refractivity contribution in [3.05, 3.63) is 53.5 Å². The highest BCUT2D eigenvalue weighted by Gasteiger charge is 2.31. The van der Waals surface area contributed by atoms with Crippen LogP contribution in [0, 0.1) is 18.8 Å². The molecule has 0 unspecified atom stereocenters. The standard InChI is InChI=1S/C21H32N4O2.C19H29N5/c1-22-6-4-16(5-7-22)14-24-8-10-25(11-9-24)18-12-17-15-23(2)21(26)20(17)19(13-18)27-3;1-16-13-19-20-5-8-24(19)15-18(16)23-6-3-17(4-7-23)14-22-11-9-21(2)10-12-22/h12-13,16H,4-11,14-15H2,1-3H3;5,8,13,15,17H,3-4,6-7,9-12,14H2,1-2H3. The van der Waals surface area contributed by atoms with Gasteiger partial charge >= 0.3 is 0 Å². The van der Waals surface area contributed by atoms with Crippen molar-refractivity contribution in [2.75, 3.05) is 130 Å². The number of hydrogen-bond acceptors (Lipinski definition) is 9. The summed E-state index contributed by atoms with van der Waals surface area (Å²) in [4.78, 5) is 33.7. The number of pyridine rings is 1. The van der Waals surface area contributed by atoms with Crippen molar-refractivity contribution in [3.63, 3.8) is 0 Å². The highest BCUT2D eigenvalue weighted by molar-refractivity contribution is 6.01. The van der Waals surface area contributed by atoms with Gasteiger partial charge in [-0.25, -0.2) is 4.98 Å². The average molecular weight is 700 g/mol. The molecular weight excluding hydrogens is 639 g/mol. The fourth-order valence-corrected chi connectivity index (χ4v) is 8.81. The highest BCUT2D eigenvalue weighted by atomic mass is 16.5. The number of piperazine rings is 2. The Morgan fingerprint density at radius 2 is 1.35 bits per heavy atom. The summed E-state index contributed by atoms with van der Waals surface area (Å²) in [5.41, 5.74) is 6.77. The van der Waals surface area contributed by atoms with E-state index in [2.05, 4.69) is 78.1 Å². The van der Waals surface area contributed by atoms with Crippen LogP contribution >= 0.6 is 0 Å². The number of imidazole rings is 1. The molecule has 3 aromatic rings. The van der Waals surface area contributed by atoms with E-state index < -0.39 is 0 Å². The number of rotatable bonds is 7. The maximum atomic E-state index is 12.3. The van der Waals surface area contributed by atoms with Crippen molar-refractivity contribution in [1.82, 2.24) is 33.9 Å². The van der Waals surface area contributed by atoms with Gasteiger partial charge in [-0.15, -0.1) is 0 Å². The third-order valence-electron chi connectivity index (χ3n) is 12.2. The topological polar surface area (TPSA) is 66.3 Å². The van der Waals surface area contributed by atoms with Crippen molar-refractivity contribution >= 4 is 22.9 Å². The Kier molecular flexibility index (Phi) is 11.4. The minimum absolute atomic E-state index is 0.0661. The van der Waals surface area contributed by atoms with Gasteiger partial charge in [-0.1, -0.05) is 0 Å². The van der Waals surface area contributed by atoms with Gasteiger partial charge in [0.2, 0.25) is 0 Å². The number of likely N-dealkylation sites (N-methyl/N-ethyl adjacent to an activating group) is 1. The van der Waals surface area contributed by atoms with E-state index in [1.54, 1.807) is 12.0 Å². The van der Waals surface area contributed by atoms with Crippen LogP contribution < -0.4 is 14.5 Å². The third-order valence-corrected chi connectivity index (χ3v) is 12.2. The van der Waals surface area contributed by atoms with Crippen LogP contribution in [0.1, 0.15) is 47.2 Å². The quantitative estimate of drug-likeness (QED) is 0.366. The van der Waals surface area contributed by atoms with E-state index >= 15 is 0 Å². The molecule has 51 heavy (non-hydrogen) atoms. The van der Waals surface area contributed by atoms with Crippen molar-refractivity contribution in [1.29, 1.82) is 0 Å². The molecule has 1 amide bonds. The molecule has 1 aromatic carbocycles. The number of methoxy groups -OCH3 is 1. The largest absolute Gasteiger partial charge is 0.496 e. The zero-order valence-electron chi connectivity index (χ0n) is 31.9. The molecule has 8 rings (SSSR count). The molecule has 4 fully saturated rings. The number of carbonyl (C=O) groups is 1. The van der Waals surface area contributed by atoms with Crippen LogP contribution in [0.3, 0.4) is 0 Å². The number of ether oxygens (including phenoxy) is 1. The van der Waals surface area contributed by atoms with Gasteiger partial charge in [0.1, 0.15) is 11.4 Å². The number of benzene rings is 1. The maximum absolute atomic E-state index is 12.3. The summed E-state index contributed by atoms with van der Waals surface area (Å²) in [5.74, 6) is 2.50. The number of nitrogens with zero attached hydrogens (tertiary/aromatic N) is 9. The molecule has 5 aliphatic heterocycles. The number of likely N-dealkylation sites (tertiary alicyclic amines) is 1. The molecule has 0 atom stereocenters. The Morgan fingerprint density at radius 3 is 2.00 bits per heavy atom. The van der Waals surface area contributed by atoms with E-state index in [1.165, 1.54) is 108 Å². The smallest absolute Gasteiger partial charge is 0.258 e. The van der Waals surface area contributed by atoms with Crippen LogP contribution in [0.25, 0.3) is 5.65 Å². The van der Waals surface area contributed by atoms with Gasteiger partial charge in [-0.2, -0.15) is 0 Å². The Balaban J connectivity index is 0.000000160. The number of piperidine rings is 2. The van der Waals surface area contributed by atoms with E-state index in [-0.39, 0.29) is 5.91 Å². The first kappa shape index (κ1) is 36.0. The van der Waals surface area contributed by atoms with E-state index in [4.69, 9.17) is 4.74 Å². The minimum Gasteiger partial charge on any atom is -0.496 e. The van der Waals surface area contributed by atoms with Crippen LogP contribution in [-0.4, -0.2) is 160 Å². The summed E-state index contributed by atoms with van der Waals surface area (Å²) in [5, 5.41) is 0. The molecule has 278 valence electrons. The fourth-order valence-electron chi connectivity index (χ4n) is 8.81. The Morgan fingerprint density at radius 1 is 0.745 bits per heavy atom. The van der Waals surface area contributed by atoms with Crippen molar-refractivity contribution < 1.29 is 9.53 Å². The van der Waals surface area contributed by atoms with Crippen LogP contribution in [0.2, 0.25) is 0 Å². The van der Waals surface area contributed by atoms with Crippen LogP contribution in [0.15, 0.2) is 36.8 Å². The van der Waals surface area contributed by atoms with Gasteiger partial charge in [-0.05, 0) is 94.9 Å². The van der Waals surface area contributed by atoms with Gasteiger partial charge in [-0.3, -0.25) is 9.69 Å². The first-order valence-corrected chi connectivity index (χ1v) is 19.5. The van der Waals surface area contributed by atoms with Gasteiger partial charge in [0, 0.05) is 122 Å². The number of carbonyl (C=O) groups excluding carboxylic acids is 1. The first-order valence-electron chi connectivity index (χ1n) is 19.5. The van der Waals surface area contributed by atoms with E-state index in [1.807, 2.05) is 25.5 Å². The lowest BCUT2D eigenvalue weighted by atomic mass is 9.95. The molecular formula is C40H61N9O2. The molecule has 0 radical (unpaired) electrons. The summed E-state index contributed by atoms with van der Waals surface area (Å²) < 4.78 is 7.69. The minimum atomic E-state index is 0.0661. The summed E-state index contributed by atoms with van der Waals surface area (Å²) >= 11 is 0. The molecule has 5 aliphatic rings. The van der Waals surface area contributed by atoms with Crippen molar-refractivity contribution in [3.8, 4) is 5.75 Å². The average Bonchev–Trinajstić information content (AvgIpc) is 3.72. The second-order valence-corrected chi connectivity index (χ2v) is 15.9. The molecule has 7 heterocycles. The van der Waals surface area contributed by atoms with E-state index in [0.717, 1.165) is 54.8 Å². The van der Waals surface area contributed by atoms with Crippen molar-refractivity contribution in [2.45, 2.75) is 39.2 Å². The summed E-state index contributed by atoms with van der Waals surface area (Å²) in [6.07, 6.45) is 11.5. The fraction of sp³-hybridized carbons (Fsp3) is 0.650. The number of fused-ring (bicyclic) bond motifs is 2. The SMILES string of the molecule is COc1cc(N2CCN(CC3CCN(C)CC3)CC2)cc2c1C(=O)N(C)C2.Cc1cc2nccn2cc1N1CCC(CN2CCN(C)CC2)CC1. The lowest BCUT2D eigenvalue weighted by Gasteiger charge is -2.39. The normalized spacial score (nSPS) is 22.1. The van der Waals surface area contributed by atoms with E-state index in [9.17, 15) is 4.79 Å². The molecule has 11 nitrogen and oxygen atoms in total. The van der Waals surface area contributed by atoms with Crippen LogP contribution in [-0.2, 0) is 6.54 Å². The number of amides is 1. The Labute approximate surface area is 305 Å². The number of aromatic nitrogens is 2. The van der Waals surface area contributed by atoms with Gasteiger partial charge in [0.25, 0.3) is 5.91 Å². The summed E-state index contributed by atoms with van der Waals surface area (Å²) in [7, 11) is 7.97. The van der Waals surface area contributed by atoms with Crippen LogP contribution in [0.5, 0.6) is 5.75 Å². The second-order valence-electron chi connectivity index (χ2n) is 15.9. The molecule has 0 saturated carbocycles. The molecule has 0 N–H and O–H groups in total. The number of hydrogen-bond donors (Lipinski definition) is 0. The summed E-state index contributed by atoms with van der Waals surface area (Å²) in [6.45, 7) is 19.5. The Hall–Kier alpha value is -3.38. The number of aryl methyl sites for hydroxylation is 1. The first-order chi connectivity index (χ1) is 24.7. The second kappa shape index (κ2) is 16.1. The van der Waals surface area contributed by atoms with Gasteiger partial charge in [0.05, 0.1) is 18.4 Å². The highest BCUT2D eigenvalue weighted by Crippen LogP contribution is 2.35. The third kappa shape index (κ3) is 8.48. The van der Waals surface area contributed by atoms with Gasteiger partial charge in [0.15, 0.2) is 0 Å². The zero-order valence-corrected chi connectivity index (χ0v) is 31.9. The molecule has 0 aliphatic carbocycles. The van der Waals surface area contributed by atoms with Crippen molar-refractivity contribution in [2.24, 2.45) is 11.8 Å². The number of anilines is 2. The van der Waals surface area contributed by atoms with E-state index in [0.29, 0.717) is 12.3 Å². The predicted octanol–water partition coefficient (Wildman–Crippen LogP) is 3.85. The molecule has 2 aromatic heterocycles. The predicted molar refractivity (Wildman–Crippen MR) is 206 cm³/mol. The molecule has 11 heteroatoms. The molecule has 0 bridgehead atoms. The Bertz CT molecular complexity index is 1610.